The maximum Gasteiger partial charge on any atom is 0.465 e. The molecule has 3 saturated carbocycles. The molecule has 2 nitrogen and oxygen atoms in total. The Morgan fingerprint density at radius 3 is 1.96 bits per heavy atom. The standard InChI is InChI=1S/C22H31BO2/c1-19(2)20(3,4)25-23(24-19)22-14-13-17(22)18(15-9-7-6-8-10-15)21(22,5)16-11-12-16/h6-10,16-18H,11-14H2,1-5H3/t17?,18?,21-,22-/m0/s1. The van der Waals surface area contributed by atoms with Gasteiger partial charge in [0.25, 0.3) is 0 Å². The molecule has 1 aliphatic heterocycles. The van der Waals surface area contributed by atoms with Gasteiger partial charge in [0.05, 0.1) is 11.2 Å². The molecule has 25 heavy (non-hydrogen) atoms. The summed E-state index contributed by atoms with van der Waals surface area (Å²) >= 11 is 0. The normalized spacial score (nSPS) is 44.0. The van der Waals surface area contributed by atoms with E-state index in [2.05, 4.69) is 65.0 Å². The van der Waals surface area contributed by atoms with Crippen LogP contribution in [0.1, 0.15) is 71.8 Å². The van der Waals surface area contributed by atoms with Crippen molar-refractivity contribution in [1.29, 1.82) is 0 Å². The van der Waals surface area contributed by atoms with Gasteiger partial charge in [0.2, 0.25) is 0 Å². The molecule has 0 aromatic heterocycles. The molecule has 4 fully saturated rings. The molecule has 0 amide bonds. The third-order valence-electron chi connectivity index (χ3n) is 8.84. The summed E-state index contributed by atoms with van der Waals surface area (Å²) in [6, 6.07) is 11.2. The van der Waals surface area contributed by atoms with E-state index in [-0.39, 0.29) is 23.6 Å². The summed E-state index contributed by atoms with van der Waals surface area (Å²) in [5.74, 6) is 2.23. The molecule has 3 heteroatoms. The molecule has 1 aromatic carbocycles. The monoisotopic (exact) mass is 338 g/mol. The summed E-state index contributed by atoms with van der Waals surface area (Å²) in [5.41, 5.74) is 1.40. The molecule has 4 aliphatic rings. The molecule has 0 bridgehead atoms. The highest BCUT2D eigenvalue weighted by atomic mass is 16.7. The Hall–Kier alpha value is -0.795. The van der Waals surface area contributed by atoms with Crippen LogP contribution in [0, 0.1) is 17.3 Å². The van der Waals surface area contributed by atoms with Crippen molar-refractivity contribution in [3.63, 3.8) is 0 Å². The molecule has 1 heterocycles. The van der Waals surface area contributed by atoms with Gasteiger partial charge in [-0.15, -0.1) is 0 Å². The van der Waals surface area contributed by atoms with Gasteiger partial charge < -0.3 is 9.31 Å². The summed E-state index contributed by atoms with van der Waals surface area (Å²) in [5, 5.41) is 0.222. The largest absolute Gasteiger partial charge is 0.465 e. The van der Waals surface area contributed by atoms with Gasteiger partial charge >= 0.3 is 7.12 Å². The molecule has 4 atom stereocenters. The fraction of sp³-hybridized carbons (Fsp3) is 0.727. The predicted octanol–water partition coefficient (Wildman–Crippen LogP) is 5.44. The van der Waals surface area contributed by atoms with Gasteiger partial charge in [0.1, 0.15) is 0 Å². The average Bonchev–Trinajstić information content (AvgIpc) is 3.33. The summed E-state index contributed by atoms with van der Waals surface area (Å²) < 4.78 is 13.3. The molecule has 1 saturated heterocycles. The van der Waals surface area contributed by atoms with Crippen LogP contribution in [0.25, 0.3) is 0 Å². The van der Waals surface area contributed by atoms with Crippen LogP contribution >= 0.6 is 0 Å². The fourth-order valence-corrected chi connectivity index (χ4v) is 6.52. The zero-order valence-electron chi connectivity index (χ0n) is 16.3. The minimum Gasteiger partial charge on any atom is -0.403 e. The molecule has 0 N–H and O–H groups in total. The third-order valence-corrected chi connectivity index (χ3v) is 8.84. The zero-order chi connectivity index (χ0) is 17.7. The third kappa shape index (κ3) is 1.80. The highest BCUT2D eigenvalue weighted by molar-refractivity contribution is 6.51. The van der Waals surface area contributed by atoms with Gasteiger partial charge in [-0.2, -0.15) is 0 Å². The highest BCUT2D eigenvalue weighted by Crippen LogP contribution is 2.88. The highest BCUT2D eigenvalue weighted by Gasteiger charge is 2.83. The van der Waals surface area contributed by atoms with Crippen molar-refractivity contribution in [2.24, 2.45) is 17.3 Å². The van der Waals surface area contributed by atoms with E-state index in [4.69, 9.17) is 9.31 Å². The minimum atomic E-state index is -0.227. The molecule has 2 unspecified atom stereocenters. The first kappa shape index (κ1) is 16.4. The number of hydrogen-bond acceptors (Lipinski definition) is 2. The van der Waals surface area contributed by atoms with Crippen LogP contribution < -0.4 is 0 Å². The van der Waals surface area contributed by atoms with Gasteiger partial charge in [-0.25, -0.2) is 0 Å². The van der Waals surface area contributed by atoms with Crippen LogP contribution in [0.4, 0.5) is 0 Å². The maximum atomic E-state index is 6.63. The Labute approximate surface area is 152 Å². The molecular formula is C22H31BO2. The van der Waals surface area contributed by atoms with E-state index in [1.807, 2.05) is 0 Å². The lowest BCUT2D eigenvalue weighted by atomic mass is 9.19. The van der Waals surface area contributed by atoms with Gasteiger partial charge in [-0.3, -0.25) is 0 Å². The molecule has 134 valence electrons. The second kappa shape index (κ2) is 4.73. The summed E-state index contributed by atoms with van der Waals surface area (Å²) in [7, 11) is -0.0400. The van der Waals surface area contributed by atoms with Crippen molar-refractivity contribution in [3.05, 3.63) is 35.9 Å². The molecular weight excluding hydrogens is 307 g/mol. The molecule has 1 aromatic rings. The number of fused-ring (bicyclic) bond motifs is 1. The zero-order valence-corrected chi connectivity index (χ0v) is 16.3. The predicted molar refractivity (Wildman–Crippen MR) is 102 cm³/mol. The van der Waals surface area contributed by atoms with Crippen molar-refractivity contribution in [2.75, 3.05) is 0 Å². The quantitative estimate of drug-likeness (QED) is 0.683. The second-order valence-electron chi connectivity index (χ2n) is 10.2. The summed E-state index contributed by atoms with van der Waals surface area (Å²) in [6.45, 7) is 11.3. The van der Waals surface area contributed by atoms with Gasteiger partial charge in [-0.1, -0.05) is 37.3 Å². The molecule has 0 radical (unpaired) electrons. The SMILES string of the molecule is CC1(C)OB([C@@]23CCC2C(c2ccccc2)[C@]3(C)C2CC2)OC1(C)C. The van der Waals surface area contributed by atoms with Gasteiger partial charge in [-0.05, 0) is 82.1 Å². The Morgan fingerprint density at radius 2 is 1.48 bits per heavy atom. The van der Waals surface area contributed by atoms with Gasteiger partial charge in [0.15, 0.2) is 0 Å². The first-order chi connectivity index (χ1) is 11.7. The Bertz CT molecular complexity index is 679. The van der Waals surface area contributed by atoms with Crippen LogP contribution in [-0.4, -0.2) is 18.3 Å². The molecule has 0 spiro atoms. The molecule has 3 aliphatic carbocycles. The summed E-state index contributed by atoms with van der Waals surface area (Å²) in [6.07, 6.45) is 5.36. The first-order valence-electron chi connectivity index (χ1n) is 10.1. The van der Waals surface area contributed by atoms with Crippen molar-refractivity contribution in [2.45, 2.75) is 82.7 Å². The van der Waals surface area contributed by atoms with Crippen LogP contribution in [0.5, 0.6) is 0 Å². The van der Waals surface area contributed by atoms with Crippen molar-refractivity contribution in [3.8, 4) is 0 Å². The second-order valence-corrected chi connectivity index (χ2v) is 10.2. The molecule has 5 rings (SSSR count). The van der Waals surface area contributed by atoms with Crippen LogP contribution in [0.2, 0.25) is 5.31 Å². The van der Waals surface area contributed by atoms with Crippen molar-refractivity contribution < 1.29 is 9.31 Å². The van der Waals surface area contributed by atoms with E-state index in [0.717, 1.165) is 11.8 Å². The number of rotatable bonds is 3. The van der Waals surface area contributed by atoms with E-state index >= 15 is 0 Å². The van der Waals surface area contributed by atoms with E-state index in [1.165, 1.54) is 31.2 Å². The topological polar surface area (TPSA) is 18.5 Å². The van der Waals surface area contributed by atoms with Crippen LogP contribution in [0.15, 0.2) is 30.3 Å². The van der Waals surface area contributed by atoms with Crippen LogP contribution in [0.3, 0.4) is 0 Å². The van der Waals surface area contributed by atoms with Crippen molar-refractivity contribution in [1.82, 2.24) is 0 Å². The lowest BCUT2D eigenvalue weighted by Gasteiger charge is -2.76. The minimum absolute atomic E-state index is 0.0400. The van der Waals surface area contributed by atoms with E-state index < -0.39 is 0 Å². The Morgan fingerprint density at radius 1 is 0.880 bits per heavy atom. The number of hydrogen-bond donors (Lipinski definition) is 0. The van der Waals surface area contributed by atoms with E-state index in [1.54, 1.807) is 0 Å². The Balaban J connectivity index is 1.54. The maximum absolute atomic E-state index is 6.63. The first-order valence-corrected chi connectivity index (χ1v) is 10.1. The van der Waals surface area contributed by atoms with E-state index in [0.29, 0.717) is 11.3 Å². The summed E-state index contributed by atoms with van der Waals surface area (Å²) in [4.78, 5) is 0. The van der Waals surface area contributed by atoms with Gasteiger partial charge in [0, 0.05) is 5.31 Å². The lowest BCUT2D eigenvalue weighted by Crippen LogP contribution is -2.70. The fourth-order valence-electron chi connectivity index (χ4n) is 6.52. The van der Waals surface area contributed by atoms with E-state index in [9.17, 15) is 0 Å². The number of benzene rings is 1. The lowest BCUT2D eigenvalue weighted by molar-refractivity contribution is -0.149. The smallest absolute Gasteiger partial charge is 0.403 e. The average molecular weight is 338 g/mol. The Kier molecular flexibility index (Phi) is 3.10. The van der Waals surface area contributed by atoms with Crippen LogP contribution in [-0.2, 0) is 9.31 Å². The van der Waals surface area contributed by atoms with Crippen molar-refractivity contribution >= 4 is 7.12 Å².